The molecule has 0 radical (unpaired) electrons. The van der Waals surface area contributed by atoms with E-state index in [1.165, 1.54) is 19.2 Å². The molecule has 0 N–H and O–H groups in total. The molecule has 0 spiro atoms. The highest BCUT2D eigenvalue weighted by Crippen LogP contribution is 2.16. The third kappa shape index (κ3) is 3.06. The van der Waals surface area contributed by atoms with Crippen LogP contribution in [0.15, 0.2) is 23.1 Å². The lowest BCUT2D eigenvalue weighted by atomic mass is 10.1. The Balaban J connectivity index is 3.14. The van der Waals surface area contributed by atoms with Gasteiger partial charge in [-0.3, -0.25) is 4.79 Å². The summed E-state index contributed by atoms with van der Waals surface area (Å²) in [5, 5.41) is 0. The van der Waals surface area contributed by atoms with Gasteiger partial charge in [-0.1, -0.05) is 6.07 Å². The molecule has 0 saturated carbocycles. The molecule has 0 atom stereocenters. The summed E-state index contributed by atoms with van der Waals surface area (Å²) in [4.78, 5) is 11.3. The maximum absolute atomic E-state index is 11.3. The Morgan fingerprint density at radius 3 is 2.50 bits per heavy atom. The number of carbonyl (C=O) groups is 1. The van der Waals surface area contributed by atoms with Gasteiger partial charge in [0.25, 0.3) is 0 Å². The maximum atomic E-state index is 11.3. The van der Waals surface area contributed by atoms with Crippen LogP contribution < -0.4 is 0 Å². The Bertz CT molecular complexity index is 503. The zero-order valence-electron chi connectivity index (χ0n) is 9.48. The number of carbonyl (C=O) groups excluding carboxylic acids is 1. The van der Waals surface area contributed by atoms with Gasteiger partial charge in [0.1, 0.15) is 0 Å². The number of benzene rings is 1. The van der Waals surface area contributed by atoms with Crippen molar-refractivity contribution < 1.29 is 17.9 Å². The highest BCUT2D eigenvalue weighted by molar-refractivity contribution is 7.90. The van der Waals surface area contributed by atoms with Crippen molar-refractivity contribution in [2.45, 2.75) is 18.2 Å². The van der Waals surface area contributed by atoms with Gasteiger partial charge < -0.3 is 4.74 Å². The molecule has 88 valence electrons. The highest BCUT2D eigenvalue weighted by atomic mass is 32.2. The Labute approximate surface area is 95.2 Å². The summed E-state index contributed by atoms with van der Waals surface area (Å²) in [7, 11) is -1.93. The van der Waals surface area contributed by atoms with Crippen LogP contribution in [0.4, 0.5) is 0 Å². The van der Waals surface area contributed by atoms with E-state index in [1.54, 1.807) is 6.07 Å². The van der Waals surface area contributed by atoms with Crippen molar-refractivity contribution in [3.8, 4) is 0 Å². The molecule has 0 amide bonds. The van der Waals surface area contributed by atoms with E-state index < -0.39 is 9.84 Å². The molecule has 1 aromatic carbocycles. The van der Waals surface area contributed by atoms with Gasteiger partial charge in [-0.25, -0.2) is 8.42 Å². The van der Waals surface area contributed by atoms with E-state index in [4.69, 9.17) is 0 Å². The van der Waals surface area contributed by atoms with Gasteiger partial charge in [0.15, 0.2) is 9.84 Å². The molecule has 0 aromatic heterocycles. The summed E-state index contributed by atoms with van der Waals surface area (Å²) in [5.41, 5.74) is 1.55. The molecule has 4 nitrogen and oxygen atoms in total. The van der Waals surface area contributed by atoms with Crippen molar-refractivity contribution >= 4 is 15.8 Å². The SMILES string of the molecule is COC(=O)Cc1cc(S(C)(=O)=O)ccc1C. The van der Waals surface area contributed by atoms with E-state index in [0.717, 1.165) is 11.8 Å². The van der Waals surface area contributed by atoms with E-state index in [9.17, 15) is 13.2 Å². The molecule has 0 aliphatic carbocycles. The van der Waals surface area contributed by atoms with Gasteiger partial charge in [-0.2, -0.15) is 0 Å². The minimum absolute atomic E-state index is 0.0890. The smallest absolute Gasteiger partial charge is 0.309 e. The largest absolute Gasteiger partial charge is 0.469 e. The van der Waals surface area contributed by atoms with Crippen LogP contribution in [0.5, 0.6) is 0 Å². The van der Waals surface area contributed by atoms with Gasteiger partial charge in [0.05, 0.1) is 18.4 Å². The first kappa shape index (κ1) is 12.7. The summed E-state index contributed by atoms with van der Waals surface area (Å²) in [6, 6.07) is 4.74. The van der Waals surface area contributed by atoms with Crippen LogP contribution >= 0.6 is 0 Å². The molecule has 0 saturated heterocycles. The lowest BCUT2D eigenvalue weighted by Gasteiger charge is -2.06. The van der Waals surface area contributed by atoms with E-state index >= 15 is 0 Å². The third-order valence-electron chi connectivity index (χ3n) is 2.31. The van der Waals surface area contributed by atoms with E-state index in [2.05, 4.69) is 4.74 Å². The molecule has 1 rings (SSSR count). The van der Waals surface area contributed by atoms with E-state index in [-0.39, 0.29) is 17.3 Å². The number of esters is 1. The van der Waals surface area contributed by atoms with Gasteiger partial charge in [-0.05, 0) is 30.2 Å². The van der Waals surface area contributed by atoms with Crippen LogP contribution in [0.25, 0.3) is 0 Å². The highest BCUT2D eigenvalue weighted by Gasteiger charge is 2.11. The van der Waals surface area contributed by atoms with Crippen LogP contribution in [0.2, 0.25) is 0 Å². The molecule has 0 aliphatic rings. The number of sulfone groups is 1. The standard InChI is InChI=1S/C11H14O4S/c1-8-4-5-10(16(3,13)14)6-9(8)7-11(12)15-2/h4-6H,7H2,1-3H3. The van der Waals surface area contributed by atoms with Crippen molar-refractivity contribution in [2.24, 2.45) is 0 Å². The summed E-state index contributed by atoms with van der Waals surface area (Å²) in [6.45, 7) is 1.82. The summed E-state index contributed by atoms with van der Waals surface area (Å²) in [6.07, 6.45) is 1.23. The van der Waals surface area contributed by atoms with Gasteiger partial charge in [-0.15, -0.1) is 0 Å². The van der Waals surface area contributed by atoms with Crippen LogP contribution in [-0.2, 0) is 25.8 Å². The van der Waals surface area contributed by atoms with E-state index in [0.29, 0.717) is 5.56 Å². The normalized spacial score (nSPS) is 11.2. The molecule has 0 aliphatic heterocycles. The summed E-state index contributed by atoms with van der Waals surface area (Å²) < 4.78 is 27.2. The number of aryl methyl sites for hydroxylation is 1. The van der Waals surface area contributed by atoms with Crippen LogP contribution in [-0.4, -0.2) is 27.8 Å². The molecule has 5 heteroatoms. The average Bonchev–Trinajstić information content (AvgIpc) is 2.19. The molecule has 0 heterocycles. The average molecular weight is 242 g/mol. The number of hydrogen-bond donors (Lipinski definition) is 0. The third-order valence-corrected chi connectivity index (χ3v) is 3.42. The molecule has 0 fully saturated rings. The quantitative estimate of drug-likeness (QED) is 0.745. The monoisotopic (exact) mass is 242 g/mol. The maximum Gasteiger partial charge on any atom is 0.309 e. The zero-order valence-corrected chi connectivity index (χ0v) is 10.3. The Kier molecular flexibility index (Phi) is 3.70. The number of ether oxygens (including phenoxy) is 1. The van der Waals surface area contributed by atoms with Crippen LogP contribution in [0, 0.1) is 6.92 Å². The Morgan fingerprint density at radius 1 is 1.38 bits per heavy atom. The number of hydrogen-bond acceptors (Lipinski definition) is 4. The van der Waals surface area contributed by atoms with Crippen molar-refractivity contribution in [1.82, 2.24) is 0 Å². The van der Waals surface area contributed by atoms with Crippen LogP contribution in [0.3, 0.4) is 0 Å². The van der Waals surface area contributed by atoms with Crippen molar-refractivity contribution in [3.05, 3.63) is 29.3 Å². The zero-order chi connectivity index (χ0) is 12.3. The first-order valence-corrected chi connectivity index (χ1v) is 6.60. The number of rotatable bonds is 3. The lowest BCUT2D eigenvalue weighted by molar-refractivity contribution is -0.139. The van der Waals surface area contributed by atoms with Gasteiger partial charge in [0, 0.05) is 6.26 Å². The van der Waals surface area contributed by atoms with Gasteiger partial charge >= 0.3 is 5.97 Å². The van der Waals surface area contributed by atoms with E-state index in [1.807, 2.05) is 6.92 Å². The Hall–Kier alpha value is -1.36. The molecule has 16 heavy (non-hydrogen) atoms. The topological polar surface area (TPSA) is 60.4 Å². The Morgan fingerprint density at radius 2 is 2.00 bits per heavy atom. The first-order valence-electron chi connectivity index (χ1n) is 4.71. The fourth-order valence-corrected chi connectivity index (χ4v) is 1.97. The first-order chi connectivity index (χ1) is 7.34. The second-order valence-corrected chi connectivity index (χ2v) is 5.63. The molecule has 0 bridgehead atoms. The van der Waals surface area contributed by atoms with Crippen LogP contribution in [0.1, 0.15) is 11.1 Å². The minimum Gasteiger partial charge on any atom is -0.469 e. The second-order valence-electron chi connectivity index (χ2n) is 3.61. The fourth-order valence-electron chi connectivity index (χ4n) is 1.30. The van der Waals surface area contributed by atoms with Crippen molar-refractivity contribution in [1.29, 1.82) is 0 Å². The molecular formula is C11H14O4S. The predicted molar refractivity (Wildman–Crippen MR) is 60.0 cm³/mol. The van der Waals surface area contributed by atoms with Crippen molar-refractivity contribution in [2.75, 3.05) is 13.4 Å². The second kappa shape index (κ2) is 4.65. The molecule has 0 unspecified atom stereocenters. The molecular weight excluding hydrogens is 228 g/mol. The minimum atomic E-state index is -3.24. The number of methoxy groups -OCH3 is 1. The summed E-state index contributed by atoms with van der Waals surface area (Å²) in [5.74, 6) is -0.381. The lowest BCUT2D eigenvalue weighted by Crippen LogP contribution is -2.07. The van der Waals surface area contributed by atoms with Gasteiger partial charge in [0.2, 0.25) is 0 Å². The van der Waals surface area contributed by atoms with Crippen molar-refractivity contribution in [3.63, 3.8) is 0 Å². The fraction of sp³-hybridized carbons (Fsp3) is 0.364. The summed E-state index contributed by atoms with van der Waals surface area (Å²) >= 11 is 0. The molecule has 1 aromatic rings. The predicted octanol–water partition coefficient (Wildman–Crippen LogP) is 1.11.